The van der Waals surface area contributed by atoms with Crippen molar-refractivity contribution in [2.24, 2.45) is 0 Å². The van der Waals surface area contributed by atoms with E-state index in [1.807, 2.05) is 25.7 Å². The van der Waals surface area contributed by atoms with Gasteiger partial charge in [0.15, 0.2) is 0 Å². The second-order valence-electron chi connectivity index (χ2n) is 8.23. The first kappa shape index (κ1) is 21.1. The lowest BCUT2D eigenvalue weighted by Gasteiger charge is -2.38. The maximum atomic E-state index is 13.4. The van der Waals surface area contributed by atoms with Gasteiger partial charge in [0.05, 0.1) is 30.1 Å². The van der Waals surface area contributed by atoms with Crippen molar-refractivity contribution >= 4 is 16.8 Å². The van der Waals surface area contributed by atoms with Gasteiger partial charge < -0.3 is 14.6 Å². The molecule has 1 amide bonds. The van der Waals surface area contributed by atoms with Crippen molar-refractivity contribution in [3.63, 3.8) is 0 Å². The highest BCUT2D eigenvalue weighted by Gasteiger charge is 2.32. The zero-order valence-electron chi connectivity index (χ0n) is 18.3. The average molecular weight is 421 g/mol. The summed E-state index contributed by atoms with van der Waals surface area (Å²) in [6, 6.07) is 11.0. The van der Waals surface area contributed by atoms with E-state index in [2.05, 4.69) is 23.2 Å². The van der Waals surface area contributed by atoms with E-state index >= 15 is 0 Å². The molecule has 0 radical (unpaired) electrons. The van der Waals surface area contributed by atoms with Crippen LogP contribution in [0.25, 0.3) is 10.9 Å². The Morgan fingerprint density at radius 2 is 1.94 bits per heavy atom. The summed E-state index contributed by atoms with van der Waals surface area (Å²) < 4.78 is 7.21. The van der Waals surface area contributed by atoms with Gasteiger partial charge in [-0.2, -0.15) is 0 Å². The van der Waals surface area contributed by atoms with Crippen LogP contribution in [0.1, 0.15) is 47.0 Å². The SMILES string of the molecule is CCn1c(=O)[nH]c2cc(C(=O)N3C[C@@H](c4cc(C)ccc4C)OC[C@H]3C)ccc2c1=O. The van der Waals surface area contributed by atoms with Crippen LogP contribution in [0.4, 0.5) is 0 Å². The van der Waals surface area contributed by atoms with Crippen LogP contribution in [0, 0.1) is 13.8 Å². The standard InChI is InChI=1S/C24H27N3O4/c1-5-26-23(29)18-9-8-17(11-20(18)25-24(26)30)22(28)27-12-21(31-13-16(27)4)19-10-14(2)6-7-15(19)3/h6-11,16,21H,5,12-13H2,1-4H3,(H,25,30)/t16-,21+/m1/s1. The number of nitrogens with zero attached hydrogens (tertiary/aromatic N) is 2. The quantitative estimate of drug-likeness (QED) is 0.705. The Hall–Kier alpha value is -3.19. The van der Waals surface area contributed by atoms with Crippen LogP contribution in [0.15, 0.2) is 46.0 Å². The molecular formula is C24H27N3O4. The van der Waals surface area contributed by atoms with Crippen LogP contribution in [0.2, 0.25) is 0 Å². The number of ether oxygens (including phenoxy) is 1. The number of nitrogens with one attached hydrogen (secondary N) is 1. The summed E-state index contributed by atoms with van der Waals surface area (Å²) in [5, 5.41) is 0.390. The van der Waals surface area contributed by atoms with E-state index in [1.165, 1.54) is 0 Å². The molecule has 1 aliphatic rings. The largest absolute Gasteiger partial charge is 0.370 e. The summed E-state index contributed by atoms with van der Waals surface area (Å²) in [4.78, 5) is 42.6. The fourth-order valence-corrected chi connectivity index (χ4v) is 4.18. The number of carbonyl (C=O) groups excluding carboxylic acids is 1. The molecule has 3 aromatic rings. The number of amides is 1. The summed E-state index contributed by atoms with van der Waals surface area (Å²) in [5.74, 6) is -0.145. The van der Waals surface area contributed by atoms with Gasteiger partial charge >= 0.3 is 5.69 Å². The van der Waals surface area contributed by atoms with Gasteiger partial charge in [-0.25, -0.2) is 4.79 Å². The first-order chi connectivity index (χ1) is 14.8. The molecule has 2 heterocycles. The van der Waals surface area contributed by atoms with E-state index in [4.69, 9.17) is 4.74 Å². The van der Waals surface area contributed by atoms with Gasteiger partial charge in [0.2, 0.25) is 0 Å². The summed E-state index contributed by atoms with van der Waals surface area (Å²) in [6.07, 6.45) is -0.197. The zero-order valence-corrected chi connectivity index (χ0v) is 18.3. The molecule has 1 aliphatic heterocycles. The molecule has 1 aromatic heterocycles. The van der Waals surface area contributed by atoms with Gasteiger partial charge in [0.1, 0.15) is 6.10 Å². The third-order valence-electron chi connectivity index (χ3n) is 6.02. The Morgan fingerprint density at radius 3 is 2.68 bits per heavy atom. The maximum Gasteiger partial charge on any atom is 0.328 e. The molecule has 0 saturated carbocycles. The lowest BCUT2D eigenvalue weighted by Crippen LogP contribution is -2.48. The van der Waals surface area contributed by atoms with Crippen LogP contribution < -0.4 is 11.2 Å². The number of morpholine rings is 1. The minimum absolute atomic E-state index is 0.0864. The molecular weight excluding hydrogens is 394 g/mol. The predicted molar refractivity (Wildman–Crippen MR) is 120 cm³/mol. The third kappa shape index (κ3) is 3.81. The summed E-state index contributed by atoms with van der Waals surface area (Å²) in [6.45, 7) is 8.96. The molecule has 0 unspecified atom stereocenters. The Kier molecular flexibility index (Phi) is 5.54. The summed E-state index contributed by atoms with van der Waals surface area (Å²) in [7, 11) is 0. The van der Waals surface area contributed by atoms with Crippen molar-refractivity contribution in [1.29, 1.82) is 0 Å². The van der Waals surface area contributed by atoms with E-state index in [1.54, 1.807) is 25.1 Å². The number of hydrogen-bond acceptors (Lipinski definition) is 4. The minimum atomic E-state index is -0.473. The number of rotatable bonds is 3. The molecule has 7 nitrogen and oxygen atoms in total. The molecule has 2 atom stereocenters. The Labute approximate surface area is 180 Å². The number of H-pyrrole nitrogens is 1. The van der Waals surface area contributed by atoms with Gasteiger partial charge in [0.25, 0.3) is 11.5 Å². The second-order valence-corrected chi connectivity index (χ2v) is 8.23. The first-order valence-corrected chi connectivity index (χ1v) is 10.6. The van der Waals surface area contributed by atoms with E-state index in [0.29, 0.717) is 29.6 Å². The number of fused-ring (bicyclic) bond motifs is 1. The number of aromatic nitrogens is 2. The monoisotopic (exact) mass is 421 g/mol. The molecule has 0 bridgehead atoms. The van der Waals surface area contributed by atoms with Gasteiger partial charge in [-0.1, -0.05) is 23.8 Å². The molecule has 1 saturated heterocycles. The number of benzene rings is 2. The van der Waals surface area contributed by atoms with Crippen molar-refractivity contribution < 1.29 is 9.53 Å². The smallest absolute Gasteiger partial charge is 0.328 e. The van der Waals surface area contributed by atoms with Gasteiger partial charge in [-0.05, 0) is 57.0 Å². The van der Waals surface area contributed by atoms with Crippen molar-refractivity contribution in [1.82, 2.24) is 14.5 Å². The van der Waals surface area contributed by atoms with Crippen molar-refractivity contribution in [2.75, 3.05) is 13.2 Å². The lowest BCUT2D eigenvalue weighted by atomic mass is 9.98. The number of aromatic amines is 1. The number of carbonyl (C=O) groups is 1. The second kappa shape index (κ2) is 8.15. The van der Waals surface area contributed by atoms with Gasteiger partial charge in [-0.3, -0.25) is 14.2 Å². The first-order valence-electron chi connectivity index (χ1n) is 10.6. The van der Waals surface area contributed by atoms with Gasteiger partial charge in [-0.15, -0.1) is 0 Å². The van der Waals surface area contributed by atoms with Crippen molar-refractivity contribution in [3.05, 3.63) is 79.5 Å². The van der Waals surface area contributed by atoms with Crippen LogP contribution in [0.5, 0.6) is 0 Å². The predicted octanol–water partition coefficient (Wildman–Crippen LogP) is 2.93. The highest BCUT2D eigenvalue weighted by Crippen LogP contribution is 2.29. The highest BCUT2D eigenvalue weighted by molar-refractivity contribution is 5.97. The van der Waals surface area contributed by atoms with E-state index in [0.717, 1.165) is 21.3 Å². The van der Waals surface area contributed by atoms with E-state index in [-0.39, 0.29) is 30.2 Å². The fourth-order valence-electron chi connectivity index (χ4n) is 4.18. The zero-order chi connectivity index (χ0) is 22.3. The van der Waals surface area contributed by atoms with Crippen LogP contribution in [-0.4, -0.2) is 39.6 Å². The molecule has 4 rings (SSSR count). The molecule has 1 fully saturated rings. The fraction of sp³-hybridized carbons (Fsp3) is 0.375. The minimum Gasteiger partial charge on any atom is -0.370 e. The molecule has 162 valence electrons. The molecule has 1 N–H and O–H groups in total. The van der Waals surface area contributed by atoms with Crippen molar-refractivity contribution in [2.45, 2.75) is 46.4 Å². The maximum absolute atomic E-state index is 13.4. The highest BCUT2D eigenvalue weighted by atomic mass is 16.5. The molecule has 0 aliphatic carbocycles. The van der Waals surface area contributed by atoms with Crippen LogP contribution in [-0.2, 0) is 11.3 Å². The molecule has 31 heavy (non-hydrogen) atoms. The van der Waals surface area contributed by atoms with Crippen LogP contribution >= 0.6 is 0 Å². The molecule has 7 heteroatoms. The lowest BCUT2D eigenvalue weighted by molar-refractivity contribution is -0.0489. The normalized spacial score (nSPS) is 19.0. The van der Waals surface area contributed by atoms with E-state index < -0.39 is 5.69 Å². The van der Waals surface area contributed by atoms with E-state index in [9.17, 15) is 14.4 Å². The molecule has 0 spiro atoms. The Bertz CT molecular complexity index is 1270. The van der Waals surface area contributed by atoms with Crippen LogP contribution in [0.3, 0.4) is 0 Å². The molecule has 2 aromatic carbocycles. The number of hydrogen-bond donors (Lipinski definition) is 1. The Balaban J connectivity index is 1.67. The number of aryl methyl sites for hydroxylation is 2. The van der Waals surface area contributed by atoms with Crippen molar-refractivity contribution in [3.8, 4) is 0 Å². The average Bonchev–Trinajstić information content (AvgIpc) is 2.75. The Morgan fingerprint density at radius 1 is 1.16 bits per heavy atom. The van der Waals surface area contributed by atoms with Gasteiger partial charge in [0, 0.05) is 12.1 Å². The topological polar surface area (TPSA) is 84.4 Å². The summed E-state index contributed by atoms with van der Waals surface area (Å²) >= 11 is 0. The third-order valence-corrected chi connectivity index (χ3v) is 6.02. The summed E-state index contributed by atoms with van der Waals surface area (Å²) in [5.41, 5.74) is 3.36.